The lowest BCUT2D eigenvalue weighted by Crippen LogP contribution is -2.03. The zero-order valence-electron chi connectivity index (χ0n) is 10.5. The maximum atomic E-state index is 10.4. The first-order chi connectivity index (χ1) is 7.66. The molecule has 0 unspecified atom stereocenters. The molecular weight excluding hydrogens is 204 g/mol. The number of rotatable bonds is 11. The summed E-state index contributed by atoms with van der Waals surface area (Å²) in [5, 5.41) is 17.2. The van der Waals surface area contributed by atoms with Gasteiger partial charge < -0.3 is 10.2 Å². The van der Waals surface area contributed by atoms with Crippen LogP contribution in [0.1, 0.15) is 64.7 Å². The van der Waals surface area contributed by atoms with E-state index in [1.165, 1.54) is 25.7 Å². The van der Waals surface area contributed by atoms with E-state index in [-0.39, 0.29) is 0 Å². The minimum absolute atomic E-state index is 0.302. The highest BCUT2D eigenvalue weighted by atomic mass is 16.4. The van der Waals surface area contributed by atoms with Crippen LogP contribution in [-0.2, 0) is 4.79 Å². The normalized spacial score (nSPS) is 12.6. The van der Waals surface area contributed by atoms with Gasteiger partial charge in [-0.3, -0.25) is 4.79 Å². The van der Waals surface area contributed by atoms with Crippen molar-refractivity contribution in [3.05, 3.63) is 0 Å². The molecule has 96 valence electrons. The summed E-state index contributed by atoms with van der Waals surface area (Å²) >= 11 is 0. The summed E-state index contributed by atoms with van der Waals surface area (Å²) in [6.45, 7) is 2.32. The minimum Gasteiger partial charge on any atom is -0.481 e. The standard InChI is InChI=1S/C13H26O3/c1-12(11-13(15)16)9-7-5-3-2-4-6-8-10-14/h12,14H,2-11H2,1H3,(H,15,16)/t12-/m0/s1. The van der Waals surface area contributed by atoms with Gasteiger partial charge in [-0.25, -0.2) is 0 Å². The Labute approximate surface area is 98.9 Å². The summed E-state index contributed by atoms with van der Waals surface area (Å²) in [6, 6.07) is 0. The van der Waals surface area contributed by atoms with E-state index >= 15 is 0 Å². The molecule has 0 bridgehead atoms. The molecule has 0 aliphatic rings. The van der Waals surface area contributed by atoms with Crippen LogP contribution < -0.4 is 0 Å². The van der Waals surface area contributed by atoms with Gasteiger partial charge in [0.1, 0.15) is 0 Å². The van der Waals surface area contributed by atoms with Gasteiger partial charge in [0, 0.05) is 13.0 Å². The van der Waals surface area contributed by atoms with Gasteiger partial charge in [0.15, 0.2) is 0 Å². The largest absolute Gasteiger partial charge is 0.481 e. The summed E-state index contributed by atoms with van der Waals surface area (Å²) < 4.78 is 0. The Balaban J connectivity index is 3.11. The van der Waals surface area contributed by atoms with Gasteiger partial charge in [-0.1, -0.05) is 51.9 Å². The summed E-state index contributed by atoms with van der Waals surface area (Å²) in [7, 11) is 0. The molecule has 0 aliphatic carbocycles. The van der Waals surface area contributed by atoms with Crippen LogP contribution in [0.5, 0.6) is 0 Å². The van der Waals surface area contributed by atoms with Crippen LogP contribution in [0.25, 0.3) is 0 Å². The average Bonchev–Trinajstić information content (AvgIpc) is 2.21. The SMILES string of the molecule is C[C@@H](CCCCCCCCCO)CC(=O)O. The van der Waals surface area contributed by atoms with E-state index in [0.29, 0.717) is 18.9 Å². The lowest BCUT2D eigenvalue weighted by Gasteiger charge is -2.07. The Bertz CT molecular complexity index is 169. The smallest absolute Gasteiger partial charge is 0.303 e. The zero-order chi connectivity index (χ0) is 12.2. The molecule has 0 aliphatic heterocycles. The van der Waals surface area contributed by atoms with Crippen molar-refractivity contribution in [2.45, 2.75) is 64.7 Å². The quantitative estimate of drug-likeness (QED) is 0.536. The number of carboxylic acids is 1. The Hall–Kier alpha value is -0.570. The van der Waals surface area contributed by atoms with Gasteiger partial charge in [-0.05, 0) is 12.3 Å². The van der Waals surface area contributed by atoms with E-state index in [4.69, 9.17) is 10.2 Å². The number of hydrogen-bond donors (Lipinski definition) is 2. The van der Waals surface area contributed by atoms with Crippen LogP contribution in [0.15, 0.2) is 0 Å². The number of carboxylic acid groups (broad SMARTS) is 1. The van der Waals surface area contributed by atoms with Crippen molar-refractivity contribution < 1.29 is 15.0 Å². The van der Waals surface area contributed by atoms with Gasteiger partial charge in [0.05, 0.1) is 0 Å². The summed E-state index contributed by atoms with van der Waals surface area (Å²) in [5.41, 5.74) is 0. The highest BCUT2D eigenvalue weighted by Crippen LogP contribution is 2.14. The molecule has 0 heterocycles. The fraction of sp³-hybridized carbons (Fsp3) is 0.923. The molecule has 3 heteroatoms. The molecule has 1 atom stereocenters. The molecule has 0 rings (SSSR count). The molecule has 0 aromatic heterocycles. The number of hydrogen-bond acceptors (Lipinski definition) is 2. The summed E-state index contributed by atoms with van der Waals surface area (Å²) in [5.74, 6) is -0.372. The molecule has 0 saturated heterocycles. The molecule has 0 aromatic carbocycles. The Morgan fingerprint density at radius 1 is 1.00 bits per heavy atom. The third-order valence-electron chi connectivity index (χ3n) is 2.88. The highest BCUT2D eigenvalue weighted by Gasteiger charge is 2.06. The molecule has 3 nitrogen and oxygen atoms in total. The van der Waals surface area contributed by atoms with E-state index < -0.39 is 5.97 Å². The number of aliphatic hydroxyl groups is 1. The van der Waals surface area contributed by atoms with Crippen LogP contribution in [0.4, 0.5) is 0 Å². The van der Waals surface area contributed by atoms with Crippen LogP contribution in [-0.4, -0.2) is 22.8 Å². The maximum absolute atomic E-state index is 10.4. The van der Waals surface area contributed by atoms with Crippen molar-refractivity contribution >= 4 is 5.97 Å². The first kappa shape index (κ1) is 15.4. The fourth-order valence-electron chi connectivity index (χ4n) is 1.89. The predicted molar refractivity (Wildman–Crippen MR) is 65.4 cm³/mol. The molecule has 0 fully saturated rings. The molecule has 0 amide bonds. The Morgan fingerprint density at radius 2 is 1.50 bits per heavy atom. The second-order valence-electron chi connectivity index (χ2n) is 4.69. The number of aliphatic carboxylic acids is 1. The number of carbonyl (C=O) groups is 1. The predicted octanol–water partition coefficient (Wildman–Crippen LogP) is 3.21. The van der Waals surface area contributed by atoms with Crippen molar-refractivity contribution in [3.8, 4) is 0 Å². The molecular formula is C13H26O3. The van der Waals surface area contributed by atoms with Crippen LogP contribution in [0, 0.1) is 5.92 Å². The van der Waals surface area contributed by atoms with Gasteiger partial charge in [-0.15, -0.1) is 0 Å². The molecule has 0 aromatic rings. The van der Waals surface area contributed by atoms with E-state index in [9.17, 15) is 4.79 Å². The first-order valence-corrected chi connectivity index (χ1v) is 6.49. The molecule has 0 saturated carbocycles. The fourth-order valence-corrected chi connectivity index (χ4v) is 1.89. The van der Waals surface area contributed by atoms with Gasteiger partial charge in [-0.2, -0.15) is 0 Å². The number of aliphatic hydroxyl groups excluding tert-OH is 1. The van der Waals surface area contributed by atoms with Crippen molar-refractivity contribution in [2.75, 3.05) is 6.61 Å². The third kappa shape index (κ3) is 11.5. The van der Waals surface area contributed by atoms with Gasteiger partial charge >= 0.3 is 5.97 Å². The van der Waals surface area contributed by atoms with Crippen LogP contribution in [0.2, 0.25) is 0 Å². The average molecular weight is 230 g/mol. The molecule has 16 heavy (non-hydrogen) atoms. The molecule has 2 N–H and O–H groups in total. The third-order valence-corrected chi connectivity index (χ3v) is 2.88. The van der Waals surface area contributed by atoms with E-state index in [0.717, 1.165) is 25.7 Å². The zero-order valence-corrected chi connectivity index (χ0v) is 10.5. The summed E-state index contributed by atoms with van der Waals surface area (Å²) in [6.07, 6.45) is 9.45. The van der Waals surface area contributed by atoms with Crippen molar-refractivity contribution in [1.29, 1.82) is 0 Å². The van der Waals surface area contributed by atoms with Crippen LogP contribution >= 0.6 is 0 Å². The second-order valence-corrected chi connectivity index (χ2v) is 4.69. The molecule has 0 spiro atoms. The molecule has 0 radical (unpaired) electrons. The maximum Gasteiger partial charge on any atom is 0.303 e. The Kier molecular flexibility index (Phi) is 10.5. The summed E-state index contributed by atoms with van der Waals surface area (Å²) in [4.78, 5) is 10.4. The Morgan fingerprint density at radius 3 is 2.00 bits per heavy atom. The monoisotopic (exact) mass is 230 g/mol. The lowest BCUT2D eigenvalue weighted by atomic mass is 9.99. The van der Waals surface area contributed by atoms with Gasteiger partial charge in [0.2, 0.25) is 0 Å². The van der Waals surface area contributed by atoms with Crippen LogP contribution in [0.3, 0.4) is 0 Å². The van der Waals surface area contributed by atoms with E-state index in [2.05, 4.69) is 0 Å². The van der Waals surface area contributed by atoms with Gasteiger partial charge in [0.25, 0.3) is 0 Å². The highest BCUT2D eigenvalue weighted by molar-refractivity contribution is 5.66. The number of unbranched alkanes of at least 4 members (excludes halogenated alkanes) is 6. The van der Waals surface area contributed by atoms with Crippen molar-refractivity contribution in [2.24, 2.45) is 5.92 Å². The van der Waals surface area contributed by atoms with Crippen molar-refractivity contribution in [3.63, 3.8) is 0 Å². The first-order valence-electron chi connectivity index (χ1n) is 6.49. The minimum atomic E-state index is -0.684. The van der Waals surface area contributed by atoms with E-state index in [1.54, 1.807) is 0 Å². The van der Waals surface area contributed by atoms with Crippen molar-refractivity contribution in [1.82, 2.24) is 0 Å². The second kappa shape index (κ2) is 10.9. The van der Waals surface area contributed by atoms with E-state index in [1.807, 2.05) is 6.92 Å². The topological polar surface area (TPSA) is 57.5 Å². The lowest BCUT2D eigenvalue weighted by molar-refractivity contribution is -0.138.